The summed E-state index contributed by atoms with van der Waals surface area (Å²) in [4.78, 5) is 13.1. The van der Waals surface area contributed by atoms with Gasteiger partial charge in [-0.2, -0.15) is 13.1 Å². The molecule has 9 heteroatoms. The summed E-state index contributed by atoms with van der Waals surface area (Å²) < 4.78 is 36.6. The van der Waals surface area contributed by atoms with Crippen molar-refractivity contribution in [1.29, 1.82) is 0 Å². The minimum atomic E-state index is -3.74. The molecule has 3 rings (SSSR count). The van der Waals surface area contributed by atoms with Gasteiger partial charge >= 0.3 is 16.3 Å². The Balaban J connectivity index is 1.92. The molecule has 1 aliphatic carbocycles. The van der Waals surface area contributed by atoms with Crippen LogP contribution in [0.5, 0.6) is 0 Å². The third kappa shape index (κ3) is 6.42. The molecule has 2 unspecified atom stereocenters. The second-order valence-electron chi connectivity index (χ2n) is 9.67. The zero-order valence-corrected chi connectivity index (χ0v) is 21.1. The zero-order chi connectivity index (χ0) is 23.5. The Kier molecular flexibility index (Phi) is 7.83. The highest BCUT2D eigenvalue weighted by atomic mass is 32.2. The number of alkyl carbamates (subject to hydrolysis) is 1. The van der Waals surface area contributed by atoms with Gasteiger partial charge in [-0.1, -0.05) is 24.3 Å². The Morgan fingerprint density at radius 3 is 2.56 bits per heavy atom. The van der Waals surface area contributed by atoms with Crippen LogP contribution in [0.3, 0.4) is 0 Å². The van der Waals surface area contributed by atoms with Gasteiger partial charge in [-0.05, 0) is 71.9 Å². The third-order valence-corrected chi connectivity index (χ3v) is 8.29. The van der Waals surface area contributed by atoms with Crippen LogP contribution in [0.4, 0.5) is 4.79 Å². The summed E-state index contributed by atoms with van der Waals surface area (Å²) in [5.74, 6) is 0.302. The predicted octanol–water partition coefficient (Wildman–Crippen LogP) is 4.49. The molecule has 1 aromatic carbocycles. The molecule has 0 saturated heterocycles. The minimum absolute atomic E-state index is 0.00132. The molecule has 2 atom stereocenters. The zero-order valence-electron chi connectivity index (χ0n) is 19.5. The SMILES string of the molecule is CC(C)NC(=O)OC1CCCC(C2=C(c3cc[c]cc3)SCN2S(=O)(=O)NC(C)(C)C)C1. The lowest BCUT2D eigenvalue weighted by atomic mass is 9.84. The molecule has 1 heterocycles. The molecule has 1 fully saturated rings. The molecule has 7 nitrogen and oxygen atoms in total. The number of nitrogens with one attached hydrogen (secondary N) is 2. The summed E-state index contributed by atoms with van der Waals surface area (Å²) in [6.45, 7) is 9.29. The van der Waals surface area contributed by atoms with Gasteiger partial charge in [-0.15, -0.1) is 11.8 Å². The van der Waals surface area contributed by atoms with Crippen molar-refractivity contribution in [2.75, 3.05) is 5.88 Å². The molecule has 1 radical (unpaired) electrons. The van der Waals surface area contributed by atoms with Crippen molar-refractivity contribution in [3.63, 3.8) is 0 Å². The smallest absolute Gasteiger partial charge is 0.407 e. The van der Waals surface area contributed by atoms with Crippen molar-refractivity contribution in [3.8, 4) is 0 Å². The van der Waals surface area contributed by atoms with Crippen molar-refractivity contribution in [2.45, 2.75) is 78.0 Å². The van der Waals surface area contributed by atoms with Gasteiger partial charge in [0.15, 0.2) is 0 Å². The maximum absolute atomic E-state index is 13.3. The number of rotatable bonds is 6. The van der Waals surface area contributed by atoms with Crippen LogP contribution in [0.15, 0.2) is 30.0 Å². The molecule has 0 aromatic heterocycles. The molecule has 1 amide bonds. The van der Waals surface area contributed by atoms with E-state index in [1.54, 1.807) is 0 Å². The maximum Gasteiger partial charge on any atom is 0.407 e. The van der Waals surface area contributed by atoms with E-state index in [9.17, 15) is 13.2 Å². The predicted molar refractivity (Wildman–Crippen MR) is 129 cm³/mol. The molecule has 0 bridgehead atoms. The fraction of sp³-hybridized carbons (Fsp3) is 0.609. The van der Waals surface area contributed by atoms with E-state index in [1.807, 2.05) is 58.9 Å². The van der Waals surface area contributed by atoms with Gasteiger partial charge in [0.1, 0.15) is 6.10 Å². The molecule has 1 aromatic rings. The molecular weight excluding hydrogens is 446 g/mol. The summed E-state index contributed by atoms with van der Waals surface area (Å²) in [5.41, 5.74) is 1.19. The van der Waals surface area contributed by atoms with Crippen LogP contribution in [0.25, 0.3) is 4.91 Å². The second-order valence-corrected chi connectivity index (χ2v) is 12.2. The minimum Gasteiger partial charge on any atom is -0.446 e. The summed E-state index contributed by atoms with van der Waals surface area (Å²) in [6.07, 6.45) is 2.45. The number of carbonyl (C=O) groups excluding carboxylic acids is 1. The number of carbonyl (C=O) groups is 1. The molecule has 1 aliphatic heterocycles. The fourth-order valence-corrected chi connectivity index (χ4v) is 7.37. The van der Waals surface area contributed by atoms with Crippen LogP contribution in [-0.2, 0) is 14.9 Å². The summed E-state index contributed by atoms with van der Waals surface area (Å²) in [5, 5.41) is 2.77. The van der Waals surface area contributed by atoms with Crippen molar-refractivity contribution in [1.82, 2.24) is 14.3 Å². The van der Waals surface area contributed by atoms with E-state index in [2.05, 4.69) is 16.1 Å². The number of thioether (sulfide) groups is 1. The van der Waals surface area contributed by atoms with Crippen molar-refractivity contribution >= 4 is 33.0 Å². The van der Waals surface area contributed by atoms with Gasteiger partial charge < -0.3 is 10.1 Å². The lowest BCUT2D eigenvalue weighted by Gasteiger charge is -2.35. The van der Waals surface area contributed by atoms with E-state index in [-0.39, 0.29) is 18.1 Å². The average molecular weight is 481 g/mol. The first-order valence-corrected chi connectivity index (χ1v) is 13.5. The van der Waals surface area contributed by atoms with Gasteiger partial charge in [0.2, 0.25) is 0 Å². The molecule has 177 valence electrons. The standard InChI is InChI=1S/C23H34N3O4S2/c1-16(2)24-22(27)30-19-13-9-12-18(14-19)20-21(17-10-7-6-8-11-17)31-15-26(20)32(28,29)25-23(3,4)5/h7-8,10-11,16,18-19,25H,9,12-15H2,1-5H3,(H,24,27). The lowest BCUT2D eigenvalue weighted by molar-refractivity contribution is 0.0613. The maximum atomic E-state index is 13.3. The Morgan fingerprint density at radius 2 is 1.94 bits per heavy atom. The normalized spacial score (nSPS) is 22.4. The van der Waals surface area contributed by atoms with Crippen LogP contribution in [0, 0.1) is 12.0 Å². The molecular formula is C23H34N3O4S2. The van der Waals surface area contributed by atoms with E-state index >= 15 is 0 Å². The van der Waals surface area contributed by atoms with Crippen LogP contribution in [0.1, 0.15) is 65.9 Å². The molecule has 0 spiro atoms. The first-order chi connectivity index (χ1) is 15.0. The average Bonchev–Trinajstić information content (AvgIpc) is 3.12. The largest absolute Gasteiger partial charge is 0.446 e. The van der Waals surface area contributed by atoms with Gasteiger partial charge in [0.05, 0.1) is 5.88 Å². The van der Waals surface area contributed by atoms with Gasteiger partial charge in [-0.3, -0.25) is 0 Å². The molecule has 32 heavy (non-hydrogen) atoms. The Bertz CT molecular complexity index is 940. The van der Waals surface area contributed by atoms with Gasteiger partial charge in [-0.25, -0.2) is 9.10 Å². The number of hydrogen-bond acceptors (Lipinski definition) is 5. The Labute approximate surface area is 196 Å². The highest BCUT2D eigenvalue weighted by Gasteiger charge is 2.40. The first kappa shape index (κ1) is 24.9. The number of allylic oxidation sites excluding steroid dienone is 1. The number of amides is 1. The van der Waals surface area contributed by atoms with Crippen LogP contribution in [-0.4, -0.2) is 42.4 Å². The van der Waals surface area contributed by atoms with E-state index in [1.165, 1.54) is 16.1 Å². The Morgan fingerprint density at radius 1 is 1.25 bits per heavy atom. The fourth-order valence-electron chi connectivity index (χ4n) is 4.10. The first-order valence-electron chi connectivity index (χ1n) is 11.1. The Hall–Kier alpha value is -1.71. The van der Waals surface area contributed by atoms with Crippen LogP contribution >= 0.6 is 11.8 Å². The summed E-state index contributed by atoms with van der Waals surface area (Å²) >= 11 is 1.53. The number of hydrogen-bond donors (Lipinski definition) is 2. The van der Waals surface area contributed by atoms with Gasteiger partial charge in [0, 0.05) is 28.1 Å². The second kappa shape index (κ2) is 10.1. The van der Waals surface area contributed by atoms with Crippen molar-refractivity contribution in [2.24, 2.45) is 5.92 Å². The topological polar surface area (TPSA) is 87.7 Å². The van der Waals surface area contributed by atoms with E-state index in [4.69, 9.17) is 4.74 Å². The number of benzene rings is 1. The number of ether oxygens (including phenoxy) is 1. The highest BCUT2D eigenvalue weighted by molar-refractivity contribution is 8.09. The monoisotopic (exact) mass is 480 g/mol. The van der Waals surface area contributed by atoms with Gasteiger partial charge in [0.25, 0.3) is 0 Å². The van der Waals surface area contributed by atoms with E-state index < -0.39 is 21.8 Å². The molecule has 2 N–H and O–H groups in total. The van der Waals surface area contributed by atoms with E-state index in [0.29, 0.717) is 12.3 Å². The van der Waals surface area contributed by atoms with Crippen molar-refractivity contribution < 1.29 is 17.9 Å². The van der Waals surface area contributed by atoms with Crippen LogP contribution in [0.2, 0.25) is 0 Å². The molecule has 2 aliphatic rings. The highest BCUT2D eigenvalue weighted by Crippen LogP contribution is 2.47. The van der Waals surface area contributed by atoms with Crippen molar-refractivity contribution in [3.05, 3.63) is 41.6 Å². The van der Waals surface area contributed by atoms with Crippen LogP contribution < -0.4 is 10.0 Å². The molecule has 1 saturated carbocycles. The lowest BCUT2D eigenvalue weighted by Crippen LogP contribution is -2.48. The van der Waals surface area contributed by atoms with E-state index in [0.717, 1.165) is 35.4 Å². The third-order valence-electron chi connectivity index (χ3n) is 5.23. The summed E-state index contributed by atoms with van der Waals surface area (Å²) in [6, 6.07) is 10.6. The number of nitrogens with zero attached hydrogens (tertiary/aromatic N) is 1. The summed E-state index contributed by atoms with van der Waals surface area (Å²) in [7, 11) is -3.74. The quantitative estimate of drug-likeness (QED) is 0.626.